The van der Waals surface area contributed by atoms with Crippen LogP contribution in [0.15, 0.2) is 0 Å². The molecule has 2 fully saturated rings. The lowest BCUT2D eigenvalue weighted by Gasteiger charge is -2.26. The van der Waals surface area contributed by atoms with E-state index in [1.165, 1.54) is 11.5 Å². The normalized spacial score (nSPS) is 23.4. The Bertz CT molecular complexity index is 303. The second-order valence-electron chi connectivity index (χ2n) is 4.40. The van der Waals surface area contributed by atoms with Crippen LogP contribution >= 0.6 is 11.8 Å². The molecule has 1 aliphatic heterocycles. The molecule has 16 heavy (non-hydrogen) atoms. The Balaban J connectivity index is 1.64. The summed E-state index contributed by atoms with van der Waals surface area (Å²) in [5.74, 6) is 2.31. The first-order valence-electron chi connectivity index (χ1n) is 5.76. The van der Waals surface area contributed by atoms with Crippen molar-refractivity contribution in [3.63, 3.8) is 0 Å². The summed E-state index contributed by atoms with van der Waals surface area (Å²) in [6, 6.07) is 2.11. The number of carbonyl (C=O) groups excluding carboxylic acids is 1. The number of hydrogen-bond acceptors (Lipinski definition) is 4. The van der Waals surface area contributed by atoms with Gasteiger partial charge in [0.2, 0.25) is 5.91 Å². The summed E-state index contributed by atoms with van der Waals surface area (Å²) in [4.78, 5) is 14.0. The molecule has 1 N–H and O–H groups in total. The van der Waals surface area contributed by atoms with E-state index in [4.69, 9.17) is 5.26 Å². The van der Waals surface area contributed by atoms with Crippen molar-refractivity contribution in [2.24, 2.45) is 5.41 Å². The van der Waals surface area contributed by atoms with Crippen LogP contribution in [0.25, 0.3) is 0 Å². The van der Waals surface area contributed by atoms with Crippen molar-refractivity contribution in [3.05, 3.63) is 0 Å². The Hall–Kier alpha value is -0.730. The lowest BCUT2D eigenvalue weighted by atomic mass is 10.1. The number of carbonyl (C=O) groups is 1. The first kappa shape index (κ1) is 11.7. The number of thioether (sulfide) groups is 1. The highest BCUT2D eigenvalue weighted by Crippen LogP contribution is 2.44. The second-order valence-corrected chi connectivity index (χ2v) is 5.63. The van der Waals surface area contributed by atoms with Crippen LogP contribution in [0.5, 0.6) is 0 Å². The molecule has 2 rings (SSSR count). The van der Waals surface area contributed by atoms with Crippen molar-refractivity contribution >= 4 is 17.7 Å². The second kappa shape index (κ2) is 5.07. The van der Waals surface area contributed by atoms with Crippen molar-refractivity contribution in [1.29, 1.82) is 5.26 Å². The molecule has 4 nitrogen and oxygen atoms in total. The Morgan fingerprint density at radius 1 is 1.44 bits per heavy atom. The van der Waals surface area contributed by atoms with Gasteiger partial charge in [0, 0.05) is 37.7 Å². The highest BCUT2D eigenvalue weighted by Gasteiger charge is 2.50. The van der Waals surface area contributed by atoms with E-state index in [2.05, 4.69) is 16.3 Å². The van der Waals surface area contributed by atoms with E-state index in [1.807, 2.05) is 11.8 Å². The molecule has 0 radical (unpaired) electrons. The third kappa shape index (κ3) is 2.69. The van der Waals surface area contributed by atoms with Crippen LogP contribution in [0.4, 0.5) is 0 Å². The van der Waals surface area contributed by atoms with Gasteiger partial charge in [-0.05, 0) is 12.8 Å². The van der Waals surface area contributed by atoms with Gasteiger partial charge in [0.05, 0.1) is 6.07 Å². The predicted octanol–water partition coefficient (Wildman–Crippen LogP) is 0.455. The van der Waals surface area contributed by atoms with Crippen molar-refractivity contribution in [3.8, 4) is 6.07 Å². The molecule has 0 spiro atoms. The minimum Gasteiger partial charge on any atom is -0.353 e. The van der Waals surface area contributed by atoms with Gasteiger partial charge in [0.1, 0.15) is 5.41 Å². The van der Waals surface area contributed by atoms with Crippen molar-refractivity contribution in [1.82, 2.24) is 10.2 Å². The monoisotopic (exact) mass is 239 g/mol. The maximum absolute atomic E-state index is 11.6. The maximum atomic E-state index is 11.6. The number of hydrogen-bond donors (Lipinski definition) is 1. The van der Waals surface area contributed by atoms with E-state index in [1.54, 1.807) is 0 Å². The molecular formula is C11H17N3OS. The molecule has 1 heterocycles. The zero-order chi connectivity index (χ0) is 11.4. The fourth-order valence-electron chi connectivity index (χ4n) is 1.84. The SMILES string of the molecule is N#CC1(C(=O)NCCN2CCSCC2)CC1. The summed E-state index contributed by atoms with van der Waals surface area (Å²) < 4.78 is 0. The molecule has 1 amide bonds. The predicted molar refractivity (Wildman–Crippen MR) is 64.1 cm³/mol. The average molecular weight is 239 g/mol. The molecule has 1 saturated carbocycles. The molecular weight excluding hydrogens is 222 g/mol. The van der Waals surface area contributed by atoms with E-state index in [9.17, 15) is 4.79 Å². The number of nitriles is 1. The molecule has 5 heteroatoms. The molecule has 1 aliphatic carbocycles. The summed E-state index contributed by atoms with van der Waals surface area (Å²) in [5, 5.41) is 11.7. The summed E-state index contributed by atoms with van der Waals surface area (Å²) in [5.41, 5.74) is -0.669. The number of nitrogens with one attached hydrogen (secondary N) is 1. The van der Waals surface area contributed by atoms with Crippen LogP contribution in [0.2, 0.25) is 0 Å². The zero-order valence-electron chi connectivity index (χ0n) is 9.37. The van der Waals surface area contributed by atoms with Crippen molar-refractivity contribution in [2.45, 2.75) is 12.8 Å². The zero-order valence-corrected chi connectivity index (χ0v) is 10.2. The van der Waals surface area contributed by atoms with Gasteiger partial charge in [-0.2, -0.15) is 17.0 Å². The van der Waals surface area contributed by atoms with Gasteiger partial charge in [-0.3, -0.25) is 9.69 Å². The highest BCUT2D eigenvalue weighted by atomic mass is 32.2. The van der Waals surface area contributed by atoms with Gasteiger partial charge in [-0.25, -0.2) is 0 Å². The summed E-state index contributed by atoms with van der Waals surface area (Å²) in [6.07, 6.45) is 1.46. The molecule has 1 saturated heterocycles. The topological polar surface area (TPSA) is 56.1 Å². The Morgan fingerprint density at radius 3 is 2.69 bits per heavy atom. The number of nitrogens with zero attached hydrogens (tertiary/aromatic N) is 2. The van der Waals surface area contributed by atoms with Crippen LogP contribution in [-0.2, 0) is 4.79 Å². The fourth-order valence-corrected chi connectivity index (χ4v) is 2.81. The standard InChI is InChI=1S/C11H17N3OS/c12-9-11(1-2-11)10(15)13-3-4-14-5-7-16-8-6-14/h1-8H2,(H,13,15). The van der Waals surface area contributed by atoms with Gasteiger partial charge >= 0.3 is 0 Å². The Morgan fingerprint density at radius 2 is 2.12 bits per heavy atom. The van der Waals surface area contributed by atoms with Gasteiger partial charge in [-0.15, -0.1) is 0 Å². The first-order chi connectivity index (χ1) is 7.77. The van der Waals surface area contributed by atoms with E-state index in [0.717, 1.165) is 32.5 Å². The smallest absolute Gasteiger partial charge is 0.240 e. The summed E-state index contributed by atoms with van der Waals surface area (Å²) in [6.45, 7) is 3.81. The maximum Gasteiger partial charge on any atom is 0.240 e. The number of rotatable bonds is 4. The minimum atomic E-state index is -0.669. The van der Waals surface area contributed by atoms with Crippen LogP contribution < -0.4 is 5.32 Å². The van der Waals surface area contributed by atoms with E-state index >= 15 is 0 Å². The Labute approximate surface area is 100 Å². The minimum absolute atomic E-state index is 0.0682. The summed E-state index contributed by atoms with van der Waals surface area (Å²) in [7, 11) is 0. The lowest BCUT2D eigenvalue weighted by Crippen LogP contribution is -2.41. The first-order valence-corrected chi connectivity index (χ1v) is 6.92. The van der Waals surface area contributed by atoms with E-state index in [0.29, 0.717) is 6.54 Å². The average Bonchev–Trinajstić information content (AvgIpc) is 3.11. The van der Waals surface area contributed by atoms with E-state index in [-0.39, 0.29) is 5.91 Å². The molecule has 0 aromatic heterocycles. The van der Waals surface area contributed by atoms with Crippen molar-refractivity contribution < 1.29 is 4.79 Å². The van der Waals surface area contributed by atoms with Gasteiger partial charge in [0.15, 0.2) is 0 Å². The molecule has 0 aromatic rings. The lowest BCUT2D eigenvalue weighted by molar-refractivity contribution is -0.124. The van der Waals surface area contributed by atoms with Gasteiger partial charge in [0.25, 0.3) is 0 Å². The quantitative estimate of drug-likeness (QED) is 0.774. The molecule has 0 bridgehead atoms. The van der Waals surface area contributed by atoms with Crippen LogP contribution in [0.1, 0.15) is 12.8 Å². The Kier molecular flexibility index (Phi) is 3.72. The van der Waals surface area contributed by atoms with Gasteiger partial charge < -0.3 is 5.32 Å². The highest BCUT2D eigenvalue weighted by molar-refractivity contribution is 7.99. The molecule has 0 atom stereocenters. The third-order valence-corrected chi connectivity index (χ3v) is 4.16. The van der Waals surface area contributed by atoms with Gasteiger partial charge in [-0.1, -0.05) is 0 Å². The fraction of sp³-hybridized carbons (Fsp3) is 0.818. The largest absolute Gasteiger partial charge is 0.353 e. The van der Waals surface area contributed by atoms with Crippen LogP contribution in [-0.4, -0.2) is 48.5 Å². The molecule has 2 aliphatic rings. The van der Waals surface area contributed by atoms with Crippen LogP contribution in [0, 0.1) is 16.7 Å². The molecule has 88 valence electrons. The summed E-state index contributed by atoms with van der Waals surface area (Å²) >= 11 is 1.98. The molecule has 0 aromatic carbocycles. The van der Waals surface area contributed by atoms with Crippen molar-refractivity contribution in [2.75, 3.05) is 37.7 Å². The van der Waals surface area contributed by atoms with E-state index < -0.39 is 5.41 Å². The van der Waals surface area contributed by atoms with Crippen LogP contribution in [0.3, 0.4) is 0 Å². The number of amides is 1. The third-order valence-electron chi connectivity index (χ3n) is 3.22. The molecule has 0 unspecified atom stereocenters.